The van der Waals surface area contributed by atoms with E-state index >= 15 is 0 Å². The molecule has 22 heavy (non-hydrogen) atoms. The summed E-state index contributed by atoms with van der Waals surface area (Å²) in [5.41, 5.74) is -0.325. The van der Waals surface area contributed by atoms with Crippen LogP contribution in [0, 0.1) is 0 Å². The van der Waals surface area contributed by atoms with Crippen molar-refractivity contribution in [2.45, 2.75) is 17.6 Å². The second kappa shape index (κ2) is 6.39. The molecule has 118 valence electrons. The molecule has 2 aromatic carbocycles. The first-order valence-electron chi connectivity index (χ1n) is 6.10. The molecule has 0 aromatic heterocycles. The number of halogens is 4. The Labute approximate surface area is 134 Å². The van der Waals surface area contributed by atoms with E-state index in [9.17, 15) is 21.6 Å². The number of benzene rings is 2. The van der Waals surface area contributed by atoms with Crippen LogP contribution in [0.3, 0.4) is 0 Å². The first-order chi connectivity index (χ1) is 10.2. The van der Waals surface area contributed by atoms with Crippen molar-refractivity contribution in [3.8, 4) is 0 Å². The molecule has 0 bridgehead atoms. The van der Waals surface area contributed by atoms with Crippen molar-refractivity contribution in [3.63, 3.8) is 0 Å². The van der Waals surface area contributed by atoms with Crippen molar-refractivity contribution >= 4 is 26.0 Å². The highest BCUT2D eigenvalue weighted by atomic mass is 79.9. The van der Waals surface area contributed by atoms with Crippen LogP contribution in [0.5, 0.6) is 0 Å². The maximum atomic E-state index is 12.8. The third kappa shape index (κ3) is 4.08. The Morgan fingerprint density at radius 1 is 1.05 bits per heavy atom. The summed E-state index contributed by atoms with van der Waals surface area (Å²) >= 11 is 2.77. The highest BCUT2D eigenvalue weighted by Crippen LogP contribution is 2.36. The SMILES string of the molecule is O=S(=O)(NCc1ccccc1)c1ccc(Br)c(C(F)(F)F)c1. The van der Waals surface area contributed by atoms with E-state index in [1.807, 2.05) is 0 Å². The highest BCUT2D eigenvalue weighted by Gasteiger charge is 2.34. The number of alkyl halides is 3. The van der Waals surface area contributed by atoms with Crippen LogP contribution in [0.2, 0.25) is 0 Å². The zero-order valence-corrected chi connectivity index (χ0v) is 13.5. The Morgan fingerprint density at radius 3 is 2.27 bits per heavy atom. The second-order valence-corrected chi connectivity index (χ2v) is 7.07. The summed E-state index contributed by atoms with van der Waals surface area (Å²) in [6, 6.07) is 11.5. The van der Waals surface area contributed by atoms with E-state index in [-0.39, 0.29) is 11.0 Å². The molecule has 0 saturated carbocycles. The van der Waals surface area contributed by atoms with Crippen LogP contribution in [0.25, 0.3) is 0 Å². The maximum absolute atomic E-state index is 12.8. The van der Waals surface area contributed by atoms with Gasteiger partial charge in [0.2, 0.25) is 10.0 Å². The smallest absolute Gasteiger partial charge is 0.207 e. The van der Waals surface area contributed by atoms with Crippen LogP contribution in [0.4, 0.5) is 13.2 Å². The molecule has 8 heteroatoms. The van der Waals surface area contributed by atoms with E-state index in [0.717, 1.165) is 12.1 Å². The fraction of sp³-hybridized carbons (Fsp3) is 0.143. The molecular weight excluding hydrogens is 383 g/mol. The van der Waals surface area contributed by atoms with Gasteiger partial charge in [0.05, 0.1) is 10.5 Å². The van der Waals surface area contributed by atoms with Crippen molar-refractivity contribution in [1.82, 2.24) is 4.72 Å². The standard InChI is InChI=1S/C14H11BrF3NO2S/c15-13-7-6-11(8-12(13)14(16,17)18)22(20,21)19-9-10-4-2-1-3-5-10/h1-8,19H,9H2. The number of rotatable bonds is 4. The van der Waals surface area contributed by atoms with Gasteiger partial charge in [0.15, 0.2) is 0 Å². The second-order valence-electron chi connectivity index (χ2n) is 4.45. The van der Waals surface area contributed by atoms with E-state index in [2.05, 4.69) is 20.7 Å². The summed E-state index contributed by atoms with van der Waals surface area (Å²) in [5.74, 6) is 0. The van der Waals surface area contributed by atoms with Gasteiger partial charge in [-0.15, -0.1) is 0 Å². The van der Waals surface area contributed by atoms with Crippen LogP contribution in [0.1, 0.15) is 11.1 Å². The van der Waals surface area contributed by atoms with Crippen molar-refractivity contribution in [3.05, 3.63) is 64.1 Å². The van der Waals surface area contributed by atoms with Gasteiger partial charge in [0.1, 0.15) is 0 Å². The van der Waals surface area contributed by atoms with E-state index in [1.54, 1.807) is 30.3 Å². The van der Waals surface area contributed by atoms with Crippen LogP contribution < -0.4 is 4.72 Å². The van der Waals surface area contributed by atoms with E-state index in [1.165, 1.54) is 0 Å². The summed E-state index contributed by atoms with van der Waals surface area (Å²) in [5, 5.41) is 0. The molecule has 1 N–H and O–H groups in total. The Morgan fingerprint density at radius 2 is 1.68 bits per heavy atom. The Kier molecular flexibility index (Phi) is 4.93. The molecule has 0 aliphatic heterocycles. The van der Waals surface area contributed by atoms with Gasteiger partial charge >= 0.3 is 6.18 Å². The minimum absolute atomic E-state index is 0.000584. The average molecular weight is 394 g/mol. The Balaban J connectivity index is 2.26. The topological polar surface area (TPSA) is 46.2 Å². The van der Waals surface area contributed by atoms with Crippen LogP contribution in [0.15, 0.2) is 57.9 Å². The summed E-state index contributed by atoms with van der Waals surface area (Å²) in [6.45, 7) is 0.000584. The fourth-order valence-corrected chi connectivity index (χ4v) is 3.26. The van der Waals surface area contributed by atoms with Crippen molar-refractivity contribution < 1.29 is 21.6 Å². The van der Waals surface area contributed by atoms with Gasteiger partial charge < -0.3 is 0 Å². The summed E-state index contributed by atoms with van der Waals surface area (Å²) in [6.07, 6.45) is -4.64. The quantitative estimate of drug-likeness (QED) is 0.854. The highest BCUT2D eigenvalue weighted by molar-refractivity contribution is 9.10. The van der Waals surface area contributed by atoms with Crippen molar-refractivity contribution in [2.24, 2.45) is 0 Å². The molecule has 0 aliphatic rings. The van der Waals surface area contributed by atoms with Crippen molar-refractivity contribution in [2.75, 3.05) is 0 Å². The van der Waals surface area contributed by atoms with Gasteiger partial charge in [-0.2, -0.15) is 13.2 Å². The van der Waals surface area contributed by atoms with Crippen LogP contribution >= 0.6 is 15.9 Å². The first kappa shape index (κ1) is 17.0. The fourth-order valence-electron chi connectivity index (χ4n) is 1.75. The lowest BCUT2D eigenvalue weighted by molar-refractivity contribution is -0.138. The number of sulfonamides is 1. The molecule has 2 aromatic rings. The van der Waals surface area contributed by atoms with Crippen LogP contribution in [-0.4, -0.2) is 8.42 Å². The summed E-state index contributed by atoms with van der Waals surface area (Å²) in [7, 11) is -4.03. The molecule has 0 fully saturated rings. The van der Waals surface area contributed by atoms with E-state index in [0.29, 0.717) is 11.6 Å². The number of hydrogen-bond acceptors (Lipinski definition) is 2. The van der Waals surface area contributed by atoms with Gasteiger partial charge in [-0.25, -0.2) is 13.1 Å². The third-order valence-corrected chi connectivity index (χ3v) is 4.95. The van der Waals surface area contributed by atoms with Crippen LogP contribution in [-0.2, 0) is 22.7 Å². The lowest BCUT2D eigenvalue weighted by atomic mass is 10.2. The Hall–Kier alpha value is -1.38. The molecule has 0 saturated heterocycles. The molecule has 3 nitrogen and oxygen atoms in total. The van der Waals surface area contributed by atoms with Gasteiger partial charge in [-0.3, -0.25) is 0 Å². The molecule has 0 spiro atoms. The lowest BCUT2D eigenvalue weighted by Gasteiger charge is -2.12. The molecule has 2 rings (SSSR count). The minimum Gasteiger partial charge on any atom is -0.207 e. The molecule has 0 radical (unpaired) electrons. The first-order valence-corrected chi connectivity index (χ1v) is 8.38. The monoisotopic (exact) mass is 393 g/mol. The van der Waals surface area contributed by atoms with Gasteiger partial charge in [-0.05, 0) is 23.8 Å². The third-order valence-electron chi connectivity index (χ3n) is 2.86. The molecule has 0 unspecified atom stereocenters. The minimum atomic E-state index is -4.64. The lowest BCUT2D eigenvalue weighted by Crippen LogP contribution is -2.23. The van der Waals surface area contributed by atoms with Gasteiger partial charge in [0, 0.05) is 11.0 Å². The summed E-state index contributed by atoms with van der Waals surface area (Å²) in [4.78, 5) is -0.432. The predicted octanol–water partition coefficient (Wildman–Crippen LogP) is 3.95. The molecule has 0 aliphatic carbocycles. The maximum Gasteiger partial charge on any atom is 0.417 e. The van der Waals surface area contributed by atoms with E-state index < -0.39 is 26.7 Å². The van der Waals surface area contributed by atoms with Crippen molar-refractivity contribution in [1.29, 1.82) is 0 Å². The number of nitrogens with one attached hydrogen (secondary N) is 1. The Bertz CT molecular complexity index is 761. The van der Waals surface area contributed by atoms with Gasteiger partial charge in [-0.1, -0.05) is 46.3 Å². The molecule has 0 amide bonds. The normalized spacial score (nSPS) is 12.4. The summed E-state index contributed by atoms with van der Waals surface area (Å²) < 4.78 is 64.7. The average Bonchev–Trinajstić information content (AvgIpc) is 2.45. The van der Waals surface area contributed by atoms with E-state index in [4.69, 9.17) is 0 Å². The molecular formula is C14H11BrF3NO2S. The largest absolute Gasteiger partial charge is 0.417 e. The predicted molar refractivity (Wildman–Crippen MR) is 79.6 cm³/mol. The number of hydrogen-bond donors (Lipinski definition) is 1. The zero-order valence-electron chi connectivity index (χ0n) is 11.1. The molecule has 0 heterocycles. The van der Waals surface area contributed by atoms with Gasteiger partial charge in [0.25, 0.3) is 0 Å². The molecule has 0 atom stereocenters. The zero-order chi connectivity index (χ0) is 16.4.